The maximum atomic E-state index is 5.90. The summed E-state index contributed by atoms with van der Waals surface area (Å²) in [5.74, 6) is 0.640. The number of benzene rings is 1. The van der Waals surface area contributed by atoms with Crippen molar-refractivity contribution in [3.63, 3.8) is 0 Å². The summed E-state index contributed by atoms with van der Waals surface area (Å²) in [6, 6.07) is 8.93. The number of ether oxygens (including phenoxy) is 1. The van der Waals surface area contributed by atoms with Crippen LogP contribution in [0.2, 0.25) is 0 Å². The molecule has 0 bridgehead atoms. The molecule has 1 unspecified atom stereocenters. The molecular weight excluding hydrogens is 258 g/mol. The third-order valence-electron chi connectivity index (χ3n) is 3.57. The van der Waals surface area contributed by atoms with Crippen molar-refractivity contribution in [2.24, 2.45) is 5.92 Å². The molecule has 2 heteroatoms. The Hall–Kier alpha value is -0.860. The highest BCUT2D eigenvalue weighted by Gasteiger charge is 2.14. The minimum atomic E-state index is -0.0365. The zero-order valence-corrected chi connectivity index (χ0v) is 14.5. The molecule has 1 aromatic carbocycles. The average molecular weight is 291 g/mol. The van der Waals surface area contributed by atoms with Crippen LogP contribution in [0.3, 0.4) is 0 Å². The van der Waals surface area contributed by atoms with Crippen LogP contribution in [0, 0.1) is 12.8 Å². The lowest BCUT2D eigenvalue weighted by atomic mass is 9.95. The van der Waals surface area contributed by atoms with Gasteiger partial charge >= 0.3 is 0 Å². The van der Waals surface area contributed by atoms with Gasteiger partial charge in [-0.15, -0.1) is 0 Å². The van der Waals surface area contributed by atoms with Crippen LogP contribution in [0.5, 0.6) is 0 Å². The number of rotatable bonds is 9. The molecule has 21 heavy (non-hydrogen) atoms. The Morgan fingerprint density at radius 3 is 2.38 bits per heavy atom. The van der Waals surface area contributed by atoms with Gasteiger partial charge in [0, 0.05) is 6.61 Å². The predicted molar refractivity (Wildman–Crippen MR) is 91.9 cm³/mol. The fourth-order valence-corrected chi connectivity index (χ4v) is 2.35. The molecule has 0 saturated carbocycles. The van der Waals surface area contributed by atoms with Crippen LogP contribution in [-0.4, -0.2) is 25.3 Å². The summed E-state index contributed by atoms with van der Waals surface area (Å²) in [7, 11) is 0. The number of aryl methyl sites for hydroxylation is 1. The summed E-state index contributed by atoms with van der Waals surface area (Å²) in [6.45, 7) is 13.7. The first-order valence-electron chi connectivity index (χ1n) is 8.31. The van der Waals surface area contributed by atoms with Gasteiger partial charge in [0.2, 0.25) is 0 Å². The topological polar surface area (TPSA) is 21.3 Å². The molecule has 2 nitrogen and oxygen atoms in total. The molecule has 0 heterocycles. The van der Waals surface area contributed by atoms with Gasteiger partial charge < -0.3 is 10.1 Å². The molecule has 1 aromatic rings. The molecule has 0 saturated heterocycles. The third kappa shape index (κ3) is 8.90. The Labute approximate surface area is 131 Å². The lowest BCUT2D eigenvalue weighted by molar-refractivity contribution is -0.00919. The molecule has 0 aliphatic carbocycles. The van der Waals surface area contributed by atoms with Crippen molar-refractivity contribution in [2.75, 3.05) is 19.7 Å². The SMILES string of the molecule is CCCNCC(CCOC(C)(C)C)Cc1ccc(C)cc1. The largest absolute Gasteiger partial charge is 0.376 e. The van der Waals surface area contributed by atoms with Crippen molar-refractivity contribution in [1.82, 2.24) is 5.32 Å². The van der Waals surface area contributed by atoms with Crippen molar-refractivity contribution in [3.05, 3.63) is 35.4 Å². The Kier molecular flexibility index (Phi) is 7.98. The summed E-state index contributed by atoms with van der Waals surface area (Å²) in [5.41, 5.74) is 2.72. The van der Waals surface area contributed by atoms with E-state index in [1.54, 1.807) is 0 Å². The lowest BCUT2D eigenvalue weighted by Gasteiger charge is -2.23. The predicted octanol–water partition coefficient (Wildman–Crippen LogP) is 4.36. The molecular formula is C19H33NO. The molecule has 0 spiro atoms. The van der Waals surface area contributed by atoms with Crippen molar-refractivity contribution >= 4 is 0 Å². The zero-order chi connectivity index (χ0) is 15.7. The minimum absolute atomic E-state index is 0.0365. The fraction of sp³-hybridized carbons (Fsp3) is 0.684. The van der Waals surface area contributed by atoms with E-state index in [0.717, 1.165) is 32.5 Å². The van der Waals surface area contributed by atoms with E-state index in [0.29, 0.717) is 5.92 Å². The highest BCUT2D eigenvalue weighted by Crippen LogP contribution is 2.15. The summed E-state index contributed by atoms with van der Waals surface area (Å²) < 4.78 is 5.90. The molecule has 0 radical (unpaired) electrons. The minimum Gasteiger partial charge on any atom is -0.376 e. The molecule has 1 atom stereocenters. The Morgan fingerprint density at radius 2 is 1.81 bits per heavy atom. The lowest BCUT2D eigenvalue weighted by Crippen LogP contribution is -2.27. The molecule has 0 aliphatic heterocycles. The van der Waals surface area contributed by atoms with Crippen LogP contribution in [0.25, 0.3) is 0 Å². The maximum Gasteiger partial charge on any atom is 0.0598 e. The monoisotopic (exact) mass is 291 g/mol. The van der Waals surface area contributed by atoms with E-state index < -0.39 is 0 Å². The summed E-state index contributed by atoms with van der Waals surface area (Å²) in [4.78, 5) is 0. The number of nitrogens with one attached hydrogen (secondary N) is 1. The van der Waals surface area contributed by atoms with E-state index >= 15 is 0 Å². The van der Waals surface area contributed by atoms with Crippen LogP contribution in [0.4, 0.5) is 0 Å². The summed E-state index contributed by atoms with van der Waals surface area (Å²) in [5, 5.41) is 3.56. The van der Waals surface area contributed by atoms with Gasteiger partial charge in [-0.3, -0.25) is 0 Å². The quantitative estimate of drug-likeness (QED) is 0.683. The second-order valence-corrected chi connectivity index (χ2v) is 7.01. The maximum absolute atomic E-state index is 5.90. The van der Waals surface area contributed by atoms with Gasteiger partial charge in [-0.2, -0.15) is 0 Å². The van der Waals surface area contributed by atoms with Crippen LogP contribution >= 0.6 is 0 Å². The van der Waals surface area contributed by atoms with Crippen molar-refractivity contribution in [3.8, 4) is 0 Å². The molecule has 0 aromatic heterocycles. The van der Waals surface area contributed by atoms with Gasteiger partial charge in [-0.25, -0.2) is 0 Å². The van der Waals surface area contributed by atoms with Gasteiger partial charge in [-0.05, 0) is 71.5 Å². The smallest absolute Gasteiger partial charge is 0.0598 e. The molecule has 120 valence electrons. The van der Waals surface area contributed by atoms with E-state index in [1.807, 2.05) is 0 Å². The number of hydrogen-bond donors (Lipinski definition) is 1. The molecule has 0 amide bonds. The van der Waals surface area contributed by atoms with E-state index in [1.165, 1.54) is 17.5 Å². The standard InChI is InChI=1S/C19H33NO/c1-6-12-20-15-18(11-13-21-19(3,4)5)14-17-9-7-16(2)8-10-17/h7-10,18,20H,6,11-15H2,1-5H3. The molecule has 1 rings (SSSR count). The second kappa shape index (κ2) is 9.22. The molecule has 0 fully saturated rings. The Bertz CT molecular complexity index is 378. The highest BCUT2D eigenvalue weighted by molar-refractivity contribution is 5.21. The molecule has 0 aliphatic rings. The van der Waals surface area contributed by atoms with Gasteiger partial charge in [0.05, 0.1) is 5.60 Å². The zero-order valence-electron chi connectivity index (χ0n) is 14.5. The summed E-state index contributed by atoms with van der Waals surface area (Å²) >= 11 is 0. The van der Waals surface area contributed by atoms with Crippen LogP contribution in [0.15, 0.2) is 24.3 Å². The van der Waals surface area contributed by atoms with E-state index in [4.69, 9.17) is 4.74 Å². The van der Waals surface area contributed by atoms with E-state index in [9.17, 15) is 0 Å². The van der Waals surface area contributed by atoms with E-state index in [2.05, 4.69) is 64.2 Å². The van der Waals surface area contributed by atoms with Crippen LogP contribution in [-0.2, 0) is 11.2 Å². The average Bonchev–Trinajstić information content (AvgIpc) is 2.40. The Morgan fingerprint density at radius 1 is 1.14 bits per heavy atom. The second-order valence-electron chi connectivity index (χ2n) is 7.01. The van der Waals surface area contributed by atoms with Crippen molar-refractivity contribution in [1.29, 1.82) is 0 Å². The first kappa shape index (κ1) is 18.2. The Balaban J connectivity index is 2.48. The summed E-state index contributed by atoms with van der Waals surface area (Å²) in [6.07, 6.45) is 3.43. The van der Waals surface area contributed by atoms with Gasteiger partial charge in [-0.1, -0.05) is 36.8 Å². The third-order valence-corrected chi connectivity index (χ3v) is 3.57. The van der Waals surface area contributed by atoms with E-state index in [-0.39, 0.29) is 5.60 Å². The molecule has 1 N–H and O–H groups in total. The van der Waals surface area contributed by atoms with Crippen molar-refractivity contribution < 1.29 is 4.74 Å². The highest BCUT2D eigenvalue weighted by atomic mass is 16.5. The van der Waals surface area contributed by atoms with Crippen molar-refractivity contribution in [2.45, 2.75) is 59.5 Å². The van der Waals surface area contributed by atoms with Gasteiger partial charge in [0.25, 0.3) is 0 Å². The van der Waals surface area contributed by atoms with Crippen LogP contribution in [0.1, 0.15) is 51.7 Å². The van der Waals surface area contributed by atoms with Gasteiger partial charge in [0.15, 0.2) is 0 Å². The normalized spacial score (nSPS) is 13.4. The first-order chi connectivity index (χ1) is 9.90. The number of hydrogen-bond acceptors (Lipinski definition) is 2. The van der Waals surface area contributed by atoms with Gasteiger partial charge in [0.1, 0.15) is 0 Å². The fourth-order valence-electron chi connectivity index (χ4n) is 2.35. The van der Waals surface area contributed by atoms with Crippen LogP contribution < -0.4 is 5.32 Å². The first-order valence-corrected chi connectivity index (χ1v) is 8.31.